The smallest absolute Gasteiger partial charge is 0.254 e. The Morgan fingerprint density at radius 1 is 1.06 bits per heavy atom. The summed E-state index contributed by atoms with van der Waals surface area (Å²) in [6.45, 7) is 3.54. The third-order valence-electron chi connectivity index (χ3n) is 6.84. The zero-order chi connectivity index (χ0) is 24.4. The van der Waals surface area contributed by atoms with Gasteiger partial charge in [0.15, 0.2) is 0 Å². The molecule has 35 heavy (non-hydrogen) atoms. The SMILES string of the molecule is COCCN1C(=O)c2ccccc2[C@H](C(=O)N2CCN(c3cccc(Cl)c3)CC2)[C@H]1c1cccs1. The molecule has 1 fully saturated rings. The fraction of sp³-hybridized carbons (Fsp3) is 0.333. The van der Waals surface area contributed by atoms with Crippen LogP contribution in [0.25, 0.3) is 0 Å². The van der Waals surface area contributed by atoms with Crippen LogP contribution in [0.15, 0.2) is 66.0 Å². The predicted octanol–water partition coefficient (Wildman–Crippen LogP) is 4.68. The minimum Gasteiger partial charge on any atom is -0.383 e. The molecule has 3 aromatic rings. The molecule has 0 spiro atoms. The van der Waals surface area contributed by atoms with Gasteiger partial charge in [-0.05, 0) is 41.3 Å². The normalized spacial score (nSPS) is 20.2. The van der Waals surface area contributed by atoms with Crippen molar-refractivity contribution in [2.24, 2.45) is 0 Å². The standard InChI is InChI=1S/C27H28ClN3O3S/c1-34-16-15-31-25(23-10-5-17-35-23)24(21-8-2-3-9-22(21)26(31)32)27(33)30-13-11-29(12-14-30)20-7-4-6-19(28)18-20/h2-10,17-18,24-25H,11-16H2,1H3/t24-,25+/m0/s1. The number of nitrogens with zero attached hydrogens (tertiary/aromatic N) is 3. The zero-order valence-electron chi connectivity index (χ0n) is 19.6. The summed E-state index contributed by atoms with van der Waals surface area (Å²) >= 11 is 7.77. The largest absolute Gasteiger partial charge is 0.383 e. The van der Waals surface area contributed by atoms with Gasteiger partial charge in [-0.1, -0.05) is 41.9 Å². The Hall–Kier alpha value is -2.87. The van der Waals surface area contributed by atoms with Gasteiger partial charge in [0.25, 0.3) is 5.91 Å². The van der Waals surface area contributed by atoms with Crippen molar-refractivity contribution in [3.63, 3.8) is 0 Å². The number of fused-ring (bicyclic) bond motifs is 1. The van der Waals surface area contributed by atoms with Crippen LogP contribution in [0.1, 0.15) is 32.8 Å². The van der Waals surface area contributed by atoms with Gasteiger partial charge >= 0.3 is 0 Å². The van der Waals surface area contributed by atoms with Crippen molar-refractivity contribution in [3.8, 4) is 0 Å². The quantitative estimate of drug-likeness (QED) is 0.484. The monoisotopic (exact) mass is 509 g/mol. The number of thiophene rings is 1. The van der Waals surface area contributed by atoms with Gasteiger partial charge in [0.05, 0.1) is 18.6 Å². The molecule has 6 nitrogen and oxygen atoms in total. The Labute approximate surface area is 214 Å². The molecule has 0 bridgehead atoms. The lowest BCUT2D eigenvalue weighted by Gasteiger charge is -2.44. The fourth-order valence-electron chi connectivity index (χ4n) is 5.12. The Bertz CT molecular complexity index is 1190. The van der Waals surface area contributed by atoms with E-state index in [1.54, 1.807) is 18.4 Å². The maximum absolute atomic E-state index is 14.2. The van der Waals surface area contributed by atoms with Crippen LogP contribution < -0.4 is 4.90 Å². The molecular weight excluding hydrogens is 482 g/mol. The second kappa shape index (κ2) is 10.4. The number of ether oxygens (including phenoxy) is 1. The number of methoxy groups -OCH3 is 1. The topological polar surface area (TPSA) is 53.1 Å². The molecule has 3 heterocycles. The zero-order valence-corrected chi connectivity index (χ0v) is 21.2. The molecule has 182 valence electrons. The van der Waals surface area contributed by atoms with Crippen LogP contribution in [0.2, 0.25) is 5.02 Å². The van der Waals surface area contributed by atoms with Crippen molar-refractivity contribution in [1.29, 1.82) is 0 Å². The molecule has 2 aliphatic rings. The molecule has 5 rings (SSSR count). The molecule has 8 heteroatoms. The Kier molecular flexibility index (Phi) is 7.09. The molecule has 0 unspecified atom stereocenters. The summed E-state index contributed by atoms with van der Waals surface area (Å²) in [6.07, 6.45) is 0. The van der Waals surface area contributed by atoms with Crippen LogP contribution in [-0.4, -0.2) is 68.1 Å². The number of hydrogen-bond acceptors (Lipinski definition) is 5. The number of carbonyl (C=O) groups is 2. The second-order valence-corrected chi connectivity index (χ2v) is 10.2. The first-order valence-electron chi connectivity index (χ1n) is 11.8. The first kappa shape index (κ1) is 23.9. The Balaban J connectivity index is 1.46. The maximum Gasteiger partial charge on any atom is 0.254 e. The molecule has 2 atom stereocenters. The van der Waals surface area contributed by atoms with Crippen molar-refractivity contribution >= 4 is 40.4 Å². The molecule has 1 aromatic heterocycles. The fourth-order valence-corrected chi connectivity index (χ4v) is 6.18. The first-order chi connectivity index (χ1) is 17.1. The van der Waals surface area contributed by atoms with Crippen LogP contribution in [0.3, 0.4) is 0 Å². The van der Waals surface area contributed by atoms with Crippen LogP contribution in [-0.2, 0) is 9.53 Å². The van der Waals surface area contributed by atoms with Gasteiger partial charge in [-0.15, -0.1) is 11.3 Å². The van der Waals surface area contributed by atoms with Crippen molar-refractivity contribution in [3.05, 3.63) is 87.1 Å². The number of benzene rings is 2. The van der Waals surface area contributed by atoms with Gasteiger partial charge in [0, 0.05) is 61.0 Å². The van der Waals surface area contributed by atoms with Crippen molar-refractivity contribution in [2.75, 3.05) is 51.3 Å². The van der Waals surface area contributed by atoms with Crippen LogP contribution in [0.5, 0.6) is 0 Å². The molecule has 2 amide bonds. The van der Waals surface area contributed by atoms with E-state index in [1.165, 1.54) is 0 Å². The second-order valence-electron chi connectivity index (χ2n) is 8.81. The molecule has 2 aliphatic heterocycles. The Morgan fingerprint density at radius 2 is 1.86 bits per heavy atom. The number of rotatable bonds is 6. The molecule has 0 radical (unpaired) electrons. The van der Waals surface area contributed by atoms with Gasteiger partial charge in [-0.3, -0.25) is 9.59 Å². The average Bonchev–Trinajstić information content (AvgIpc) is 3.42. The highest BCUT2D eigenvalue weighted by Gasteiger charge is 2.46. The van der Waals surface area contributed by atoms with Gasteiger partial charge in [-0.2, -0.15) is 0 Å². The van der Waals surface area contributed by atoms with E-state index < -0.39 is 5.92 Å². The highest BCUT2D eigenvalue weighted by atomic mass is 35.5. The Morgan fingerprint density at radius 3 is 2.57 bits per heavy atom. The van der Waals surface area contributed by atoms with Crippen LogP contribution in [0, 0.1) is 0 Å². The van der Waals surface area contributed by atoms with Crippen molar-refractivity contribution in [2.45, 2.75) is 12.0 Å². The third-order valence-corrected chi connectivity index (χ3v) is 8.02. The van der Waals surface area contributed by atoms with Gasteiger partial charge in [0.2, 0.25) is 5.91 Å². The van der Waals surface area contributed by atoms with Gasteiger partial charge in [0.1, 0.15) is 0 Å². The van der Waals surface area contributed by atoms with Gasteiger partial charge in [-0.25, -0.2) is 0 Å². The van der Waals surface area contributed by atoms with E-state index in [-0.39, 0.29) is 17.9 Å². The summed E-state index contributed by atoms with van der Waals surface area (Å²) in [4.78, 5) is 34.7. The number of hydrogen-bond donors (Lipinski definition) is 0. The van der Waals surface area contributed by atoms with Gasteiger partial charge < -0.3 is 19.4 Å². The third kappa shape index (κ3) is 4.68. The summed E-state index contributed by atoms with van der Waals surface area (Å²) in [5.41, 5.74) is 2.49. The van der Waals surface area contributed by atoms with E-state index in [2.05, 4.69) is 4.90 Å². The lowest BCUT2D eigenvalue weighted by atomic mass is 9.81. The van der Waals surface area contributed by atoms with Crippen LogP contribution in [0.4, 0.5) is 5.69 Å². The highest BCUT2D eigenvalue weighted by molar-refractivity contribution is 7.10. The van der Waals surface area contributed by atoms with Crippen molar-refractivity contribution < 1.29 is 14.3 Å². The molecule has 0 aliphatic carbocycles. The lowest BCUT2D eigenvalue weighted by molar-refractivity contribution is -0.135. The summed E-state index contributed by atoms with van der Waals surface area (Å²) in [5, 5.41) is 2.71. The lowest BCUT2D eigenvalue weighted by Crippen LogP contribution is -2.53. The summed E-state index contributed by atoms with van der Waals surface area (Å²) in [7, 11) is 1.63. The van der Waals surface area contributed by atoms with E-state index in [1.807, 2.05) is 75.8 Å². The summed E-state index contributed by atoms with van der Waals surface area (Å²) < 4.78 is 5.32. The number of amides is 2. The minimum atomic E-state index is -0.461. The van der Waals surface area contributed by atoms with E-state index in [9.17, 15) is 9.59 Å². The van der Waals surface area contributed by atoms with E-state index in [0.717, 1.165) is 29.2 Å². The molecule has 1 saturated heterocycles. The van der Waals surface area contributed by atoms with Crippen LogP contribution >= 0.6 is 22.9 Å². The van der Waals surface area contributed by atoms with Crippen molar-refractivity contribution in [1.82, 2.24) is 9.80 Å². The summed E-state index contributed by atoms with van der Waals surface area (Å²) in [5.74, 6) is -0.445. The number of anilines is 1. The molecular formula is C27H28ClN3O3S. The highest BCUT2D eigenvalue weighted by Crippen LogP contribution is 2.45. The first-order valence-corrected chi connectivity index (χ1v) is 13.1. The molecule has 0 saturated carbocycles. The molecule has 2 aromatic carbocycles. The number of carbonyl (C=O) groups excluding carboxylic acids is 2. The average molecular weight is 510 g/mol. The maximum atomic E-state index is 14.2. The van der Waals surface area contributed by atoms with E-state index in [4.69, 9.17) is 16.3 Å². The number of piperazine rings is 1. The minimum absolute atomic E-state index is 0.0501. The molecule has 0 N–H and O–H groups in total. The summed E-state index contributed by atoms with van der Waals surface area (Å²) in [6, 6.07) is 19.0. The van der Waals surface area contributed by atoms with E-state index >= 15 is 0 Å². The van der Waals surface area contributed by atoms with E-state index in [0.29, 0.717) is 36.8 Å². The number of halogens is 1. The predicted molar refractivity (Wildman–Crippen MR) is 139 cm³/mol.